The molecule has 4 aromatic heterocycles. The van der Waals surface area contributed by atoms with Crippen molar-refractivity contribution >= 4 is 94.5 Å². The topological polar surface area (TPSA) is 38.7 Å². The van der Waals surface area contributed by atoms with Gasteiger partial charge in [0.15, 0.2) is 17.5 Å². The first-order valence-corrected chi connectivity index (χ1v) is 25.0. The smallest absolute Gasteiger partial charge is 0.164 e. The number of nitrogens with zero attached hydrogens (tertiary/aromatic N) is 3. The van der Waals surface area contributed by atoms with Crippen LogP contribution in [0.25, 0.3) is 139 Å². The Bertz CT molecular complexity index is 4650. The Balaban J connectivity index is 0.942. The molecule has 14 aromatic rings. The zero-order valence-corrected chi connectivity index (χ0v) is 38.9. The number of fused-ring (bicyclic) bond motifs is 9. The standard InChI is InChI=1S/C63H37N3S3/c1-3-13-38(14-4-1)39-27-31-42(32-28-39)61-64-62(43-33-29-41(30-34-43)46-19-10-23-50-49-22-9-18-45(59(49)69-60(46)50)40-15-5-2-6-16-40)66-63(65-61)44-35-36-52-56(37-44)68-55-26-12-21-48(58(52)55)47-20-11-25-54-57(47)51-17-7-8-24-53(51)67-54/h1-37H/i12D,21D,26D,35D,36D,37D. The fourth-order valence-electron chi connectivity index (χ4n) is 9.62. The summed E-state index contributed by atoms with van der Waals surface area (Å²) in [6, 6.07) is 62.7. The van der Waals surface area contributed by atoms with Crippen LogP contribution in [0.5, 0.6) is 0 Å². The zero-order chi connectivity index (χ0) is 50.6. The van der Waals surface area contributed by atoms with Crippen LogP contribution in [0.1, 0.15) is 8.22 Å². The van der Waals surface area contributed by atoms with Gasteiger partial charge in [-0.05, 0) is 68.7 Å². The molecule has 69 heavy (non-hydrogen) atoms. The van der Waals surface area contributed by atoms with Gasteiger partial charge in [0.25, 0.3) is 0 Å². The van der Waals surface area contributed by atoms with Crippen LogP contribution in [0.15, 0.2) is 224 Å². The third-order valence-corrected chi connectivity index (χ3v) is 16.4. The van der Waals surface area contributed by atoms with E-state index in [2.05, 4.69) is 91.0 Å². The Hall–Kier alpha value is -8.13. The quantitative estimate of drug-likeness (QED) is 0.160. The molecule has 0 N–H and O–H groups in total. The monoisotopic (exact) mass is 937 g/mol. The summed E-state index contributed by atoms with van der Waals surface area (Å²) >= 11 is 4.58. The van der Waals surface area contributed by atoms with Crippen molar-refractivity contribution in [2.45, 2.75) is 0 Å². The van der Waals surface area contributed by atoms with Crippen LogP contribution < -0.4 is 0 Å². The van der Waals surface area contributed by atoms with E-state index in [9.17, 15) is 6.85 Å². The van der Waals surface area contributed by atoms with E-state index in [-0.39, 0.29) is 47.6 Å². The van der Waals surface area contributed by atoms with E-state index in [1.54, 1.807) is 22.7 Å². The first kappa shape index (κ1) is 34.2. The van der Waals surface area contributed by atoms with Crippen molar-refractivity contribution in [2.75, 3.05) is 0 Å². The van der Waals surface area contributed by atoms with Gasteiger partial charge in [0.1, 0.15) is 0 Å². The molecule has 0 saturated heterocycles. The SMILES string of the molecule is [2H]c1c([2H])c(-c2cccc3sc4ccccc4c23)c2c(sc3c([2H])c(-c4nc(-c5ccc(-c6ccccc6)cc5)nc(-c5ccc(-c6cccc7c6sc6c(-c8ccccc8)cccc67)cc5)n4)c([2H])c([2H])c32)c1[2H]. The highest BCUT2D eigenvalue weighted by molar-refractivity contribution is 7.27. The highest BCUT2D eigenvalue weighted by atomic mass is 32.1. The van der Waals surface area contributed by atoms with Gasteiger partial charge in [-0.2, -0.15) is 0 Å². The van der Waals surface area contributed by atoms with Crippen molar-refractivity contribution < 1.29 is 8.22 Å². The minimum absolute atomic E-state index is 0.0593. The van der Waals surface area contributed by atoms with Gasteiger partial charge in [-0.1, -0.05) is 200 Å². The second kappa shape index (κ2) is 16.3. The molecular formula is C63H37N3S3. The average Bonchev–Trinajstić information content (AvgIpc) is 4.26. The van der Waals surface area contributed by atoms with Crippen LogP contribution in [0.4, 0.5) is 0 Å². The largest absolute Gasteiger partial charge is 0.208 e. The van der Waals surface area contributed by atoms with Gasteiger partial charge in [-0.3, -0.25) is 0 Å². The summed E-state index contributed by atoms with van der Waals surface area (Å²) < 4.78 is 62.4. The number of thiophene rings is 3. The van der Waals surface area contributed by atoms with Crippen molar-refractivity contribution in [1.29, 1.82) is 0 Å². The number of aromatic nitrogens is 3. The molecule has 0 fully saturated rings. The van der Waals surface area contributed by atoms with Crippen molar-refractivity contribution in [3.8, 4) is 78.7 Å². The number of hydrogen-bond acceptors (Lipinski definition) is 6. The number of rotatable bonds is 7. The maximum absolute atomic E-state index is 9.93. The molecule has 0 aliphatic rings. The molecule has 3 nitrogen and oxygen atoms in total. The molecule has 0 bridgehead atoms. The molecule has 0 saturated carbocycles. The lowest BCUT2D eigenvalue weighted by Gasteiger charge is -2.10. The minimum Gasteiger partial charge on any atom is -0.208 e. The summed E-state index contributed by atoms with van der Waals surface area (Å²) in [6.07, 6.45) is 0. The summed E-state index contributed by atoms with van der Waals surface area (Å²) in [5, 5.41) is 5.08. The Kier molecular flexibility index (Phi) is 8.07. The van der Waals surface area contributed by atoms with E-state index in [1.807, 2.05) is 97.1 Å². The fourth-order valence-corrected chi connectivity index (χ4v) is 13.1. The first-order chi connectivity index (χ1) is 36.7. The zero-order valence-electron chi connectivity index (χ0n) is 42.5. The van der Waals surface area contributed by atoms with E-state index in [0.29, 0.717) is 54.1 Å². The normalized spacial score (nSPS) is 13.0. The van der Waals surface area contributed by atoms with E-state index in [0.717, 1.165) is 53.8 Å². The summed E-state index contributed by atoms with van der Waals surface area (Å²) in [5.41, 5.74) is 9.22. The summed E-state index contributed by atoms with van der Waals surface area (Å²) in [4.78, 5) is 15.1. The molecular weight excluding hydrogens is 895 g/mol. The molecule has 0 unspecified atom stereocenters. The van der Waals surface area contributed by atoms with Crippen LogP contribution in [-0.2, 0) is 0 Å². The third kappa shape index (κ3) is 6.79. The van der Waals surface area contributed by atoms with Gasteiger partial charge in [-0.25, -0.2) is 15.0 Å². The molecule has 0 aliphatic carbocycles. The van der Waals surface area contributed by atoms with Crippen LogP contribution in [0.3, 0.4) is 0 Å². The predicted octanol–water partition coefficient (Wildman–Crippen LogP) is 18.6. The van der Waals surface area contributed by atoms with Crippen LogP contribution in [0.2, 0.25) is 0 Å². The maximum atomic E-state index is 9.93. The molecule has 0 atom stereocenters. The predicted molar refractivity (Wildman–Crippen MR) is 297 cm³/mol. The van der Waals surface area contributed by atoms with E-state index < -0.39 is 0 Å². The van der Waals surface area contributed by atoms with Crippen molar-refractivity contribution in [3.63, 3.8) is 0 Å². The molecule has 0 radical (unpaired) electrons. The van der Waals surface area contributed by atoms with Crippen molar-refractivity contribution in [2.24, 2.45) is 0 Å². The van der Waals surface area contributed by atoms with Gasteiger partial charge < -0.3 is 0 Å². The third-order valence-electron chi connectivity index (χ3n) is 12.9. The Morgan fingerprint density at radius 2 is 0.783 bits per heavy atom. The minimum atomic E-state index is -0.255. The van der Waals surface area contributed by atoms with Gasteiger partial charge in [0.05, 0.1) is 8.22 Å². The number of hydrogen-bond donors (Lipinski definition) is 0. The lowest BCUT2D eigenvalue weighted by molar-refractivity contribution is 1.07. The highest BCUT2D eigenvalue weighted by Crippen LogP contribution is 2.47. The lowest BCUT2D eigenvalue weighted by Crippen LogP contribution is -2.00. The number of benzene rings is 10. The maximum Gasteiger partial charge on any atom is 0.164 e. The molecule has 0 spiro atoms. The molecule has 0 aliphatic heterocycles. The van der Waals surface area contributed by atoms with Crippen LogP contribution in [-0.4, -0.2) is 15.0 Å². The van der Waals surface area contributed by atoms with Gasteiger partial charge >= 0.3 is 0 Å². The molecule has 14 rings (SSSR count). The Morgan fingerprint density at radius 3 is 1.48 bits per heavy atom. The van der Waals surface area contributed by atoms with Crippen molar-refractivity contribution in [1.82, 2.24) is 15.0 Å². The molecule has 10 aromatic carbocycles. The van der Waals surface area contributed by atoms with E-state index in [1.165, 1.54) is 31.3 Å². The molecule has 322 valence electrons. The lowest BCUT2D eigenvalue weighted by atomic mass is 9.95. The summed E-state index contributed by atoms with van der Waals surface area (Å²) in [5.74, 6) is 0.753. The Morgan fingerprint density at radius 1 is 0.290 bits per heavy atom. The summed E-state index contributed by atoms with van der Waals surface area (Å²) in [7, 11) is 0. The summed E-state index contributed by atoms with van der Waals surface area (Å²) in [6.45, 7) is 0. The second-order valence-corrected chi connectivity index (χ2v) is 20.1. The van der Waals surface area contributed by atoms with Crippen LogP contribution >= 0.6 is 34.0 Å². The van der Waals surface area contributed by atoms with Gasteiger partial charge in [0.2, 0.25) is 0 Å². The molecule has 6 heteroatoms. The highest BCUT2D eigenvalue weighted by Gasteiger charge is 2.19. The Labute approximate surface area is 418 Å². The van der Waals surface area contributed by atoms with Gasteiger partial charge in [0, 0.05) is 77.2 Å². The molecule has 0 amide bonds. The van der Waals surface area contributed by atoms with Crippen molar-refractivity contribution in [3.05, 3.63) is 224 Å². The average molecular weight is 938 g/mol. The first-order valence-electron chi connectivity index (χ1n) is 25.6. The second-order valence-electron chi connectivity index (χ2n) is 16.9. The van der Waals surface area contributed by atoms with Crippen LogP contribution in [0, 0.1) is 0 Å². The van der Waals surface area contributed by atoms with Gasteiger partial charge in [-0.15, -0.1) is 34.0 Å². The molecule has 4 heterocycles. The van der Waals surface area contributed by atoms with E-state index >= 15 is 0 Å². The van der Waals surface area contributed by atoms with E-state index in [4.69, 9.17) is 16.3 Å². The fraction of sp³-hybridized carbons (Fsp3) is 0.